The predicted octanol–water partition coefficient (Wildman–Crippen LogP) is 5.70. The summed E-state index contributed by atoms with van der Waals surface area (Å²) in [5, 5.41) is 0. The van der Waals surface area contributed by atoms with Crippen LogP contribution in [0.2, 0.25) is 0 Å². The van der Waals surface area contributed by atoms with Crippen LogP contribution >= 0.6 is 15.9 Å². The second-order valence-corrected chi connectivity index (χ2v) is 7.53. The molecule has 0 atom stereocenters. The Morgan fingerprint density at radius 1 is 1.15 bits per heavy atom. The van der Waals surface area contributed by atoms with Gasteiger partial charge in [0.1, 0.15) is 22.6 Å². The Kier molecular flexibility index (Phi) is 5.99. The molecule has 0 unspecified atom stereocenters. The highest BCUT2D eigenvalue weighted by atomic mass is 79.9. The number of aromatic amines is 1. The van der Waals surface area contributed by atoms with Crippen LogP contribution in [0.3, 0.4) is 0 Å². The Balaban J connectivity index is 2.02. The fourth-order valence-electron chi connectivity index (χ4n) is 3.07. The minimum Gasteiger partial charge on any atom is -0.494 e. The van der Waals surface area contributed by atoms with E-state index in [2.05, 4.69) is 65.1 Å². The number of imidazole rings is 1. The van der Waals surface area contributed by atoms with Gasteiger partial charge < -0.3 is 14.5 Å². The molecular formula is C21H25BrN2O2. The number of benzene rings is 2. The second kappa shape index (κ2) is 8.23. The molecular weight excluding hydrogens is 392 g/mol. The van der Waals surface area contributed by atoms with Gasteiger partial charge in [0, 0.05) is 23.8 Å². The molecule has 1 heterocycles. The zero-order valence-corrected chi connectivity index (χ0v) is 17.3. The van der Waals surface area contributed by atoms with Crippen LogP contribution in [0.5, 0.6) is 5.75 Å². The van der Waals surface area contributed by atoms with Gasteiger partial charge in [-0.2, -0.15) is 0 Å². The molecule has 0 aliphatic rings. The van der Waals surface area contributed by atoms with Gasteiger partial charge in [-0.05, 0) is 51.9 Å². The van der Waals surface area contributed by atoms with Crippen molar-refractivity contribution < 1.29 is 9.47 Å². The standard InChI is InChI=1S/C21H25BrN2O2/c1-13(2)14-7-9-15(10-8-14)21-23-19-17(26-4)12-16(6-5-11-25-3)18(22)20(19)24-21/h7-10,12-13H,5-6,11H2,1-4H3,(H,23,24). The van der Waals surface area contributed by atoms with Crippen molar-refractivity contribution in [2.75, 3.05) is 20.8 Å². The summed E-state index contributed by atoms with van der Waals surface area (Å²) in [6, 6.07) is 10.6. The van der Waals surface area contributed by atoms with Gasteiger partial charge in [-0.25, -0.2) is 4.98 Å². The summed E-state index contributed by atoms with van der Waals surface area (Å²) in [6.07, 6.45) is 1.86. The first-order valence-corrected chi connectivity index (χ1v) is 9.68. The Morgan fingerprint density at radius 2 is 1.88 bits per heavy atom. The Hall–Kier alpha value is -1.85. The lowest BCUT2D eigenvalue weighted by molar-refractivity contribution is 0.195. The number of hydrogen-bond donors (Lipinski definition) is 1. The normalized spacial score (nSPS) is 11.5. The van der Waals surface area contributed by atoms with Crippen molar-refractivity contribution in [3.8, 4) is 17.1 Å². The minimum atomic E-state index is 0.517. The zero-order valence-electron chi connectivity index (χ0n) is 15.7. The first kappa shape index (κ1) is 18.9. The number of hydrogen-bond acceptors (Lipinski definition) is 3. The average Bonchev–Trinajstić information content (AvgIpc) is 3.10. The molecule has 0 aliphatic heterocycles. The van der Waals surface area contributed by atoms with E-state index < -0.39 is 0 Å². The van der Waals surface area contributed by atoms with Gasteiger partial charge in [0.15, 0.2) is 0 Å². The SMILES string of the molecule is COCCCc1cc(OC)c2[nH]c(-c3ccc(C(C)C)cc3)nc2c1Br. The molecule has 1 N–H and O–H groups in total. The smallest absolute Gasteiger partial charge is 0.144 e. The van der Waals surface area contributed by atoms with Crippen LogP contribution in [-0.4, -0.2) is 30.8 Å². The monoisotopic (exact) mass is 416 g/mol. The molecule has 1 aromatic heterocycles. The summed E-state index contributed by atoms with van der Waals surface area (Å²) in [6.45, 7) is 5.13. The molecule has 4 nitrogen and oxygen atoms in total. The number of aromatic nitrogens is 2. The van der Waals surface area contributed by atoms with Crippen LogP contribution in [0.25, 0.3) is 22.4 Å². The van der Waals surface area contributed by atoms with E-state index in [1.807, 2.05) is 0 Å². The molecule has 0 radical (unpaired) electrons. The largest absolute Gasteiger partial charge is 0.494 e. The molecule has 3 aromatic rings. The molecule has 0 saturated heterocycles. The van der Waals surface area contributed by atoms with E-state index in [-0.39, 0.29) is 0 Å². The van der Waals surface area contributed by atoms with Crippen LogP contribution in [0.4, 0.5) is 0 Å². The molecule has 2 aromatic carbocycles. The van der Waals surface area contributed by atoms with Crippen molar-refractivity contribution in [3.05, 3.63) is 45.9 Å². The summed E-state index contributed by atoms with van der Waals surface area (Å²) in [7, 11) is 3.42. The van der Waals surface area contributed by atoms with Gasteiger partial charge in [0.05, 0.1) is 7.11 Å². The molecule has 26 heavy (non-hydrogen) atoms. The Bertz CT molecular complexity index is 885. The summed E-state index contributed by atoms with van der Waals surface area (Å²) < 4.78 is 11.8. The number of fused-ring (bicyclic) bond motifs is 1. The van der Waals surface area contributed by atoms with Gasteiger partial charge in [0.2, 0.25) is 0 Å². The number of rotatable bonds is 7. The van der Waals surface area contributed by atoms with E-state index in [1.165, 1.54) is 11.1 Å². The van der Waals surface area contributed by atoms with Crippen molar-refractivity contribution in [1.29, 1.82) is 0 Å². The van der Waals surface area contributed by atoms with Crippen LogP contribution in [0, 0.1) is 0 Å². The molecule has 0 spiro atoms. The third-order valence-electron chi connectivity index (χ3n) is 4.61. The highest BCUT2D eigenvalue weighted by molar-refractivity contribution is 9.10. The Labute approximate surface area is 163 Å². The third kappa shape index (κ3) is 3.79. The summed E-state index contributed by atoms with van der Waals surface area (Å²) >= 11 is 3.74. The molecule has 0 amide bonds. The number of methoxy groups -OCH3 is 2. The molecule has 3 rings (SSSR count). The van der Waals surface area contributed by atoms with Gasteiger partial charge >= 0.3 is 0 Å². The van der Waals surface area contributed by atoms with Crippen molar-refractivity contribution in [2.45, 2.75) is 32.6 Å². The third-order valence-corrected chi connectivity index (χ3v) is 5.50. The van der Waals surface area contributed by atoms with E-state index in [0.29, 0.717) is 5.92 Å². The van der Waals surface area contributed by atoms with Gasteiger partial charge in [-0.1, -0.05) is 38.1 Å². The molecule has 138 valence electrons. The maximum atomic E-state index is 5.61. The number of ether oxygens (including phenoxy) is 2. The fourth-order valence-corrected chi connectivity index (χ4v) is 3.67. The fraction of sp³-hybridized carbons (Fsp3) is 0.381. The highest BCUT2D eigenvalue weighted by Gasteiger charge is 2.16. The van der Waals surface area contributed by atoms with Crippen molar-refractivity contribution in [1.82, 2.24) is 9.97 Å². The van der Waals surface area contributed by atoms with Gasteiger partial charge in [0.25, 0.3) is 0 Å². The lowest BCUT2D eigenvalue weighted by Crippen LogP contribution is -1.96. The molecule has 0 aliphatic carbocycles. The average molecular weight is 417 g/mol. The van der Waals surface area contributed by atoms with Crippen LogP contribution in [0.15, 0.2) is 34.8 Å². The minimum absolute atomic E-state index is 0.517. The zero-order chi connectivity index (χ0) is 18.7. The number of H-pyrrole nitrogens is 1. The quantitative estimate of drug-likeness (QED) is 0.502. The summed E-state index contributed by atoms with van der Waals surface area (Å²) in [5.41, 5.74) is 5.39. The first-order chi connectivity index (χ1) is 12.5. The molecule has 0 saturated carbocycles. The number of halogens is 1. The van der Waals surface area contributed by atoms with Crippen LogP contribution in [-0.2, 0) is 11.2 Å². The maximum absolute atomic E-state index is 5.61. The first-order valence-electron chi connectivity index (χ1n) is 8.89. The van der Waals surface area contributed by atoms with Crippen LogP contribution in [0.1, 0.15) is 37.3 Å². The van der Waals surface area contributed by atoms with Crippen molar-refractivity contribution in [2.24, 2.45) is 0 Å². The molecule has 5 heteroatoms. The summed E-state index contributed by atoms with van der Waals surface area (Å²) in [5.74, 6) is 2.18. The van der Waals surface area contributed by atoms with Crippen LogP contribution < -0.4 is 4.74 Å². The van der Waals surface area contributed by atoms with Gasteiger partial charge in [-0.3, -0.25) is 0 Å². The Morgan fingerprint density at radius 3 is 2.50 bits per heavy atom. The van der Waals surface area contributed by atoms with E-state index in [9.17, 15) is 0 Å². The predicted molar refractivity (Wildman–Crippen MR) is 110 cm³/mol. The topological polar surface area (TPSA) is 47.1 Å². The summed E-state index contributed by atoms with van der Waals surface area (Å²) in [4.78, 5) is 8.27. The number of nitrogens with one attached hydrogen (secondary N) is 1. The second-order valence-electron chi connectivity index (χ2n) is 6.73. The van der Waals surface area contributed by atoms with E-state index in [0.717, 1.165) is 52.1 Å². The maximum Gasteiger partial charge on any atom is 0.144 e. The van der Waals surface area contributed by atoms with Crippen molar-refractivity contribution >= 4 is 27.0 Å². The van der Waals surface area contributed by atoms with Crippen molar-refractivity contribution in [3.63, 3.8) is 0 Å². The lowest BCUT2D eigenvalue weighted by atomic mass is 10.0. The number of aryl methyl sites for hydroxylation is 1. The molecule has 0 bridgehead atoms. The lowest BCUT2D eigenvalue weighted by Gasteiger charge is -2.08. The highest BCUT2D eigenvalue weighted by Crippen LogP contribution is 2.36. The van der Waals surface area contributed by atoms with Gasteiger partial charge in [-0.15, -0.1) is 0 Å². The van der Waals surface area contributed by atoms with E-state index in [1.54, 1.807) is 14.2 Å². The molecule has 0 fully saturated rings. The van der Waals surface area contributed by atoms with E-state index in [4.69, 9.17) is 14.5 Å². The van der Waals surface area contributed by atoms with E-state index >= 15 is 0 Å². The number of nitrogens with zero attached hydrogens (tertiary/aromatic N) is 1.